The van der Waals surface area contributed by atoms with Gasteiger partial charge in [0.05, 0.1) is 12.8 Å². The largest absolute Gasteiger partial charge is 0.467 e. The van der Waals surface area contributed by atoms with Crippen molar-refractivity contribution in [2.75, 3.05) is 18.0 Å². The van der Waals surface area contributed by atoms with Crippen LogP contribution in [0.2, 0.25) is 0 Å². The Morgan fingerprint density at radius 2 is 2.12 bits per heavy atom. The van der Waals surface area contributed by atoms with Crippen molar-refractivity contribution in [1.82, 2.24) is 5.32 Å². The van der Waals surface area contributed by atoms with Gasteiger partial charge in [0.1, 0.15) is 11.9 Å². The van der Waals surface area contributed by atoms with E-state index in [2.05, 4.69) is 5.32 Å². The lowest BCUT2D eigenvalue weighted by atomic mass is 10.2. The Labute approximate surface area is 145 Å². The maximum Gasteiger partial charge on any atom is 0.244 e. The second-order valence-corrected chi connectivity index (χ2v) is 5.85. The highest BCUT2D eigenvalue weighted by Gasteiger charge is 2.21. The third-order valence-electron chi connectivity index (χ3n) is 4.05. The number of hydrogen-bond donors (Lipinski definition) is 2. The molecular weight excluding hydrogens is 320 g/mol. The van der Waals surface area contributed by atoms with Crippen LogP contribution in [0.3, 0.4) is 0 Å². The molecule has 1 saturated heterocycles. The zero-order valence-electron chi connectivity index (χ0n) is 13.7. The Morgan fingerprint density at radius 3 is 2.76 bits per heavy atom. The number of hydrogen-bond acceptors (Lipinski definition) is 4. The highest BCUT2D eigenvalue weighted by Crippen LogP contribution is 2.21. The fourth-order valence-corrected chi connectivity index (χ4v) is 2.70. The zero-order chi connectivity index (χ0) is 17.6. The van der Waals surface area contributed by atoms with Crippen LogP contribution in [0.5, 0.6) is 0 Å². The van der Waals surface area contributed by atoms with E-state index in [0.29, 0.717) is 12.2 Å². The number of rotatable bonds is 6. The molecular formula is C19H20N2O4. The van der Waals surface area contributed by atoms with Crippen LogP contribution in [0.1, 0.15) is 30.3 Å². The molecule has 130 valence electrons. The van der Waals surface area contributed by atoms with E-state index in [9.17, 15) is 14.7 Å². The van der Waals surface area contributed by atoms with Gasteiger partial charge >= 0.3 is 0 Å². The van der Waals surface area contributed by atoms with Crippen LogP contribution in [0.25, 0.3) is 6.08 Å². The molecule has 1 aliphatic rings. The lowest BCUT2D eigenvalue weighted by molar-refractivity contribution is -0.117. The summed E-state index contributed by atoms with van der Waals surface area (Å²) in [6, 6.07) is 10.8. The molecule has 1 aromatic heterocycles. The minimum absolute atomic E-state index is 0.0761. The Bertz CT molecular complexity index is 750. The van der Waals surface area contributed by atoms with Crippen molar-refractivity contribution >= 4 is 23.6 Å². The summed E-state index contributed by atoms with van der Waals surface area (Å²) >= 11 is 0. The molecule has 25 heavy (non-hydrogen) atoms. The van der Waals surface area contributed by atoms with Crippen LogP contribution in [-0.2, 0) is 9.59 Å². The average molecular weight is 340 g/mol. The molecule has 0 bridgehead atoms. The minimum Gasteiger partial charge on any atom is -0.467 e. The second-order valence-electron chi connectivity index (χ2n) is 5.85. The van der Waals surface area contributed by atoms with Gasteiger partial charge in [0.2, 0.25) is 11.8 Å². The van der Waals surface area contributed by atoms with E-state index in [4.69, 9.17) is 4.42 Å². The lowest BCUT2D eigenvalue weighted by Gasteiger charge is -2.15. The van der Waals surface area contributed by atoms with Gasteiger partial charge in [0, 0.05) is 24.7 Å². The Kier molecular flexibility index (Phi) is 5.30. The Balaban J connectivity index is 1.51. The first-order valence-electron chi connectivity index (χ1n) is 8.21. The van der Waals surface area contributed by atoms with Crippen molar-refractivity contribution in [2.24, 2.45) is 0 Å². The smallest absolute Gasteiger partial charge is 0.244 e. The standard InChI is InChI=1S/C19H20N2O4/c22-16(17-3-2-12-25-17)13-20-18(23)10-7-14-5-8-15(9-6-14)21-11-1-4-19(21)24/h2-3,5-10,12,16,22H,1,4,11,13H2,(H,20,23)/b10-7+. The summed E-state index contributed by atoms with van der Waals surface area (Å²) in [7, 11) is 0. The molecule has 6 heteroatoms. The normalized spacial score (nSPS) is 15.7. The maximum atomic E-state index is 11.8. The van der Waals surface area contributed by atoms with Crippen molar-refractivity contribution < 1.29 is 19.1 Å². The van der Waals surface area contributed by atoms with Gasteiger partial charge in [-0.05, 0) is 42.3 Å². The number of carbonyl (C=O) groups excluding carboxylic acids is 2. The van der Waals surface area contributed by atoms with Gasteiger partial charge in [0.25, 0.3) is 0 Å². The van der Waals surface area contributed by atoms with E-state index in [1.54, 1.807) is 23.1 Å². The summed E-state index contributed by atoms with van der Waals surface area (Å²) in [5.41, 5.74) is 1.74. The number of furan rings is 1. The number of aliphatic hydroxyl groups excluding tert-OH is 1. The number of amides is 2. The lowest BCUT2D eigenvalue weighted by Crippen LogP contribution is -2.26. The third-order valence-corrected chi connectivity index (χ3v) is 4.05. The highest BCUT2D eigenvalue weighted by atomic mass is 16.4. The zero-order valence-corrected chi connectivity index (χ0v) is 13.7. The van der Waals surface area contributed by atoms with E-state index >= 15 is 0 Å². The van der Waals surface area contributed by atoms with E-state index < -0.39 is 6.10 Å². The van der Waals surface area contributed by atoms with E-state index in [1.807, 2.05) is 24.3 Å². The molecule has 0 radical (unpaired) electrons. The molecule has 1 aliphatic heterocycles. The summed E-state index contributed by atoms with van der Waals surface area (Å²) in [6.45, 7) is 0.834. The number of carbonyl (C=O) groups is 2. The topological polar surface area (TPSA) is 82.8 Å². The molecule has 2 aromatic rings. The average Bonchev–Trinajstić information content (AvgIpc) is 3.30. The molecule has 6 nitrogen and oxygen atoms in total. The summed E-state index contributed by atoms with van der Waals surface area (Å²) in [5.74, 6) is 0.263. The first-order valence-corrected chi connectivity index (χ1v) is 8.21. The third kappa shape index (κ3) is 4.36. The maximum absolute atomic E-state index is 11.8. The van der Waals surface area contributed by atoms with Crippen LogP contribution in [-0.4, -0.2) is 30.0 Å². The van der Waals surface area contributed by atoms with Crippen LogP contribution < -0.4 is 10.2 Å². The molecule has 1 aromatic carbocycles. The molecule has 1 fully saturated rings. The second kappa shape index (κ2) is 7.81. The van der Waals surface area contributed by atoms with E-state index in [1.165, 1.54) is 12.3 Å². The summed E-state index contributed by atoms with van der Waals surface area (Å²) in [6.07, 6.45) is 5.19. The van der Waals surface area contributed by atoms with Crippen LogP contribution in [0.4, 0.5) is 5.69 Å². The van der Waals surface area contributed by atoms with Gasteiger partial charge < -0.3 is 19.7 Å². The number of benzene rings is 1. The minimum atomic E-state index is -0.871. The van der Waals surface area contributed by atoms with E-state index in [0.717, 1.165) is 24.2 Å². The first kappa shape index (κ1) is 17.0. The summed E-state index contributed by atoms with van der Waals surface area (Å²) in [5, 5.41) is 12.4. The van der Waals surface area contributed by atoms with Gasteiger partial charge in [-0.15, -0.1) is 0 Å². The first-order chi connectivity index (χ1) is 12.1. The van der Waals surface area contributed by atoms with Gasteiger partial charge in [-0.2, -0.15) is 0 Å². The molecule has 2 heterocycles. The van der Waals surface area contributed by atoms with Crippen molar-refractivity contribution in [3.8, 4) is 0 Å². The molecule has 2 amide bonds. The molecule has 0 aliphatic carbocycles. The fraction of sp³-hybridized carbons (Fsp3) is 0.263. The molecule has 0 saturated carbocycles. The summed E-state index contributed by atoms with van der Waals surface area (Å²) < 4.78 is 5.07. The van der Waals surface area contributed by atoms with E-state index in [-0.39, 0.29) is 18.4 Å². The molecule has 2 N–H and O–H groups in total. The Hall–Kier alpha value is -2.86. The van der Waals surface area contributed by atoms with Gasteiger partial charge in [-0.25, -0.2) is 0 Å². The van der Waals surface area contributed by atoms with Crippen molar-refractivity contribution in [3.63, 3.8) is 0 Å². The number of nitrogens with one attached hydrogen (secondary N) is 1. The quantitative estimate of drug-likeness (QED) is 0.790. The van der Waals surface area contributed by atoms with Crippen LogP contribution in [0, 0.1) is 0 Å². The molecule has 1 unspecified atom stereocenters. The van der Waals surface area contributed by atoms with Gasteiger partial charge in [-0.1, -0.05) is 12.1 Å². The van der Waals surface area contributed by atoms with Crippen molar-refractivity contribution in [2.45, 2.75) is 18.9 Å². The number of aliphatic hydroxyl groups is 1. The van der Waals surface area contributed by atoms with Gasteiger partial charge in [-0.3, -0.25) is 9.59 Å². The number of anilines is 1. The summed E-state index contributed by atoms with van der Waals surface area (Å²) in [4.78, 5) is 25.3. The fourth-order valence-electron chi connectivity index (χ4n) is 2.70. The van der Waals surface area contributed by atoms with Crippen molar-refractivity contribution in [1.29, 1.82) is 0 Å². The predicted molar refractivity (Wildman–Crippen MR) is 93.7 cm³/mol. The van der Waals surface area contributed by atoms with Crippen LogP contribution >= 0.6 is 0 Å². The van der Waals surface area contributed by atoms with Crippen molar-refractivity contribution in [3.05, 3.63) is 60.1 Å². The highest BCUT2D eigenvalue weighted by molar-refractivity contribution is 5.95. The molecule has 0 spiro atoms. The molecule has 1 atom stereocenters. The predicted octanol–water partition coefficient (Wildman–Crippen LogP) is 2.27. The van der Waals surface area contributed by atoms with Gasteiger partial charge in [0.15, 0.2) is 0 Å². The number of nitrogens with zero attached hydrogens (tertiary/aromatic N) is 1. The molecule has 3 rings (SSSR count). The monoisotopic (exact) mass is 340 g/mol. The van der Waals surface area contributed by atoms with Crippen LogP contribution in [0.15, 0.2) is 53.2 Å². The SMILES string of the molecule is O=C(/C=C/c1ccc(N2CCCC2=O)cc1)NCC(O)c1ccco1. The Morgan fingerprint density at radius 1 is 1.32 bits per heavy atom.